The van der Waals surface area contributed by atoms with Crippen LogP contribution < -0.4 is 15.5 Å². The molecule has 2 aromatic rings. The van der Waals surface area contributed by atoms with Crippen LogP contribution in [0, 0.1) is 20.8 Å². The van der Waals surface area contributed by atoms with Crippen LogP contribution in [-0.4, -0.2) is 49.3 Å². The molecule has 0 saturated carbocycles. The van der Waals surface area contributed by atoms with Gasteiger partial charge in [0.05, 0.1) is 10.7 Å². The number of anilines is 2. The smallest absolute Gasteiger partial charge is 0.170 e. The minimum atomic E-state index is 0.611. The van der Waals surface area contributed by atoms with Crippen molar-refractivity contribution in [3.63, 3.8) is 0 Å². The van der Waals surface area contributed by atoms with Crippen LogP contribution in [0.25, 0.3) is 0 Å². The molecule has 1 aliphatic heterocycles. The zero-order valence-corrected chi connectivity index (χ0v) is 18.5. The molecule has 1 heterocycles. The summed E-state index contributed by atoms with van der Waals surface area (Å²) in [5, 5.41) is 7.76. The van der Waals surface area contributed by atoms with Crippen LogP contribution in [0.5, 0.6) is 0 Å². The minimum absolute atomic E-state index is 0.611. The highest BCUT2D eigenvalue weighted by Crippen LogP contribution is 2.24. The zero-order chi connectivity index (χ0) is 20.1. The number of nitrogens with one attached hydrogen (secondary N) is 2. The monoisotopic (exact) mass is 416 g/mol. The van der Waals surface area contributed by atoms with Gasteiger partial charge in [-0.1, -0.05) is 29.8 Å². The van der Waals surface area contributed by atoms with Gasteiger partial charge in [0.1, 0.15) is 0 Å². The van der Waals surface area contributed by atoms with E-state index in [0.29, 0.717) is 10.1 Å². The van der Waals surface area contributed by atoms with E-state index in [0.717, 1.165) is 50.5 Å². The van der Waals surface area contributed by atoms with Crippen molar-refractivity contribution in [2.75, 3.05) is 49.5 Å². The molecule has 0 atom stereocenters. The fraction of sp³-hybridized carbons (Fsp3) is 0.409. The second-order valence-electron chi connectivity index (χ2n) is 7.41. The van der Waals surface area contributed by atoms with Crippen LogP contribution in [-0.2, 0) is 0 Å². The molecule has 0 aliphatic carbocycles. The summed E-state index contributed by atoms with van der Waals surface area (Å²) in [6.45, 7) is 12.5. The summed E-state index contributed by atoms with van der Waals surface area (Å²) in [6, 6.07) is 12.5. The quantitative estimate of drug-likeness (QED) is 0.706. The number of aryl methyl sites for hydroxylation is 2. The number of hydrogen-bond acceptors (Lipinski definition) is 3. The molecule has 0 aromatic heterocycles. The van der Waals surface area contributed by atoms with Gasteiger partial charge in [-0.15, -0.1) is 0 Å². The van der Waals surface area contributed by atoms with Gasteiger partial charge in [0.25, 0.3) is 0 Å². The molecule has 0 amide bonds. The molecule has 0 spiro atoms. The number of rotatable bonds is 5. The lowest BCUT2D eigenvalue weighted by molar-refractivity contribution is 0.262. The van der Waals surface area contributed by atoms with Crippen molar-refractivity contribution < 1.29 is 0 Å². The number of nitrogens with zero attached hydrogens (tertiary/aromatic N) is 2. The van der Waals surface area contributed by atoms with E-state index in [-0.39, 0.29) is 0 Å². The van der Waals surface area contributed by atoms with Crippen LogP contribution in [0.2, 0.25) is 5.02 Å². The molecule has 28 heavy (non-hydrogen) atoms. The van der Waals surface area contributed by atoms with E-state index in [1.807, 2.05) is 25.1 Å². The molecular weight excluding hydrogens is 388 g/mol. The first-order chi connectivity index (χ1) is 13.4. The van der Waals surface area contributed by atoms with Gasteiger partial charge in [-0.2, -0.15) is 0 Å². The number of piperazine rings is 1. The Balaban J connectivity index is 1.41. The molecule has 0 unspecified atom stereocenters. The molecule has 1 fully saturated rings. The van der Waals surface area contributed by atoms with Gasteiger partial charge in [-0.25, -0.2) is 0 Å². The summed E-state index contributed by atoms with van der Waals surface area (Å²) in [5.74, 6) is 0. The van der Waals surface area contributed by atoms with Gasteiger partial charge in [-0.3, -0.25) is 4.90 Å². The average molecular weight is 417 g/mol. The number of thiocarbonyl (C=S) groups is 1. The highest BCUT2D eigenvalue weighted by molar-refractivity contribution is 7.80. The molecule has 150 valence electrons. The van der Waals surface area contributed by atoms with Crippen LogP contribution in [0.1, 0.15) is 16.7 Å². The molecule has 1 aliphatic rings. The van der Waals surface area contributed by atoms with Crippen molar-refractivity contribution in [3.05, 3.63) is 58.1 Å². The van der Waals surface area contributed by atoms with E-state index in [1.165, 1.54) is 16.8 Å². The maximum Gasteiger partial charge on any atom is 0.170 e. The third-order valence-electron chi connectivity index (χ3n) is 5.38. The average Bonchev–Trinajstić information content (AvgIpc) is 2.67. The molecule has 6 heteroatoms. The Hall–Kier alpha value is -1.82. The lowest BCUT2D eigenvalue weighted by Gasteiger charge is -2.37. The third-order valence-corrected chi connectivity index (χ3v) is 5.93. The summed E-state index contributed by atoms with van der Waals surface area (Å²) in [4.78, 5) is 4.98. The summed E-state index contributed by atoms with van der Waals surface area (Å²) in [5.41, 5.74) is 6.10. The molecule has 3 rings (SSSR count). The Morgan fingerprint density at radius 3 is 2.54 bits per heavy atom. The maximum atomic E-state index is 6.25. The first kappa shape index (κ1) is 20.9. The first-order valence-electron chi connectivity index (χ1n) is 9.78. The van der Waals surface area contributed by atoms with Gasteiger partial charge < -0.3 is 15.5 Å². The second-order valence-corrected chi connectivity index (χ2v) is 8.23. The van der Waals surface area contributed by atoms with E-state index >= 15 is 0 Å². The van der Waals surface area contributed by atoms with Crippen molar-refractivity contribution in [1.29, 1.82) is 0 Å². The first-order valence-corrected chi connectivity index (χ1v) is 10.6. The third kappa shape index (κ3) is 5.37. The molecule has 0 bridgehead atoms. The largest absolute Gasteiger partial charge is 0.369 e. The number of halogens is 1. The predicted octanol–water partition coefficient (Wildman–Crippen LogP) is 4.37. The molecule has 2 N–H and O–H groups in total. The van der Waals surface area contributed by atoms with Crippen molar-refractivity contribution in [2.45, 2.75) is 20.8 Å². The summed E-state index contributed by atoms with van der Waals surface area (Å²) in [6.07, 6.45) is 0. The minimum Gasteiger partial charge on any atom is -0.369 e. The number of benzene rings is 2. The van der Waals surface area contributed by atoms with Crippen LogP contribution >= 0.6 is 23.8 Å². The van der Waals surface area contributed by atoms with Crippen molar-refractivity contribution >= 4 is 40.3 Å². The van der Waals surface area contributed by atoms with Gasteiger partial charge in [0, 0.05) is 45.0 Å². The fourth-order valence-electron chi connectivity index (χ4n) is 3.51. The van der Waals surface area contributed by atoms with E-state index in [4.69, 9.17) is 23.8 Å². The van der Waals surface area contributed by atoms with Gasteiger partial charge in [0.15, 0.2) is 5.11 Å². The fourth-order valence-corrected chi connectivity index (χ4v) is 4.00. The zero-order valence-electron chi connectivity index (χ0n) is 16.9. The lowest BCUT2D eigenvalue weighted by Crippen LogP contribution is -2.48. The van der Waals surface area contributed by atoms with Crippen LogP contribution in [0.3, 0.4) is 0 Å². The summed E-state index contributed by atoms with van der Waals surface area (Å²) in [7, 11) is 0. The predicted molar refractivity (Wildman–Crippen MR) is 125 cm³/mol. The molecule has 2 aromatic carbocycles. The Labute approximate surface area is 178 Å². The van der Waals surface area contributed by atoms with E-state index in [1.54, 1.807) is 0 Å². The van der Waals surface area contributed by atoms with Crippen molar-refractivity contribution in [2.24, 2.45) is 0 Å². The molecular formula is C22H29ClN4S. The summed E-state index contributed by atoms with van der Waals surface area (Å²) >= 11 is 11.6. The Morgan fingerprint density at radius 2 is 1.82 bits per heavy atom. The van der Waals surface area contributed by atoms with Crippen molar-refractivity contribution in [1.82, 2.24) is 10.2 Å². The molecule has 0 radical (unpaired) electrons. The van der Waals surface area contributed by atoms with Gasteiger partial charge in [0.2, 0.25) is 0 Å². The molecule has 4 nitrogen and oxygen atoms in total. The topological polar surface area (TPSA) is 30.5 Å². The van der Waals surface area contributed by atoms with Crippen molar-refractivity contribution in [3.8, 4) is 0 Å². The van der Waals surface area contributed by atoms with Gasteiger partial charge >= 0.3 is 0 Å². The van der Waals surface area contributed by atoms with E-state index in [9.17, 15) is 0 Å². The van der Waals surface area contributed by atoms with Gasteiger partial charge in [-0.05, 0) is 67.9 Å². The SMILES string of the molecule is Cc1ccc(NC(=S)NCCN2CCN(c3cccc(C)c3C)CC2)c(Cl)c1. The summed E-state index contributed by atoms with van der Waals surface area (Å²) < 4.78 is 0. The van der Waals surface area contributed by atoms with E-state index in [2.05, 4.69) is 52.5 Å². The normalized spacial score (nSPS) is 14.8. The highest BCUT2D eigenvalue weighted by atomic mass is 35.5. The van der Waals surface area contributed by atoms with Crippen LogP contribution in [0.4, 0.5) is 11.4 Å². The van der Waals surface area contributed by atoms with E-state index < -0.39 is 0 Å². The molecule has 1 saturated heterocycles. The lowest BCUT2D eigenvalue weighted by atomic mass is 10.1. The Kier molecular flexibility index (Phi) is 7.16. The Bertz CT molecular complexity index is 831. The highest BCUT2D eigenvalue weighted by Gasteiger charge is 2.18. The number of hydrogen-bond donors (Lipinski definition) is 2. The maximum absolute atomic E-state index is 6.25. The Morgan fingerprint density at radius 1 is 1.07 bits per heavy atom. The second kappa shape index (κ2) is 9.59. The van der Waals surface area contributed by atoms with Crippen LogP contribution in [0.15, 0.2) is 36.4 Å². The standard InChI is InChI=1S/C22H29ClN4S/c1-16-7-8-20(19(23)15-16)25-22(28)24-9-10-26-11-13-27(14-12-26)21-6-4-5-17(2)18(21)3/h4-8,15H,9-14H2,1-3H3,(H2,24,25,28).